The quantitative estimate of drug-likeness (QED) is 0.817. The molecule has 2 rings (SSSR count). The van der Waals surface area contributed by atoms with Crippen molar-refractivity contribution in [2.75, 3.05) is 0 Å². The number of thiophene rings is 1. The van der Waals surface area contributed by atoms with Crippen LogP contribution in [0.25, 0.3) is 10.4 Å². The predicted molar refractivity (Wildman–Crippen MR) is 65.2 cm³/mol. The van der Waals surface area contributed by atoms with Crippen LogP contribution in [0, 0.1) is 13.8 Å². The van der Waals surface area contributed by atoms with Crippen LogP contribution in [0.15, 0.2) is 29.6 Å². The second-order valence-electron chi connectivity index (χ2n) is 3.79. The summed E-state index contributed by atoms with van der Waals surface area (Å²) in [6, 6.07) is 8.40. The van der Waals surface area contributed by atoms with Gasteiger partial charge in [0.15, 0.2) is 0 Å². The molecule has 2 heteroatoms. The van der Waals surface area contributed by atoms with Crippen LogP contribution in [-0.2, 0) is 6.61 Å². The van der Waals surface area contributed by atoms with Gasteiger partial charge in [0.1, 0.15) is 0 Å². The van der Waals surface area contributed by atoms with Crippen LogP contribution in [0.1, 0.15) is 16.7 Å². The third kappa shape index (κ3) is 2.11. The molecule has 1 aromatic carbocycles. The van der Waals surface area contributed by atoms with Gasteiger partial charge < -0.3 is 5.11 Å². The number of aliphatic hydroxyl groups is 1. The minimum atomic E-state index is 0.121. The second-order valence-corrected chi connectivity index (χ2v) is 4.70. The molecule has 0 aliphatic heterocycles. The van der Waals surface area contributed by atoms with Gasteiger partial charge in [-0.3, -0.25) is 0 Å². The molecule has 0 saturated heterocycles. The van der Waals surface area contributed by atoms with Gasteiger partial charge in [-0.25, -0.2) is 0 Å². The fourth-order valence-corrected chi connectivity index (χ4v) is 2.51. The molecule has 15 heavy (non-hydrogen) atoms. The van der Waals surface area contributed by atoms with Crippen molar-refractivity contribution in [2.24, 2.45) is 0 Å². The summed E-state index contributed by atoms with van der Waals surface area (Å²) in [7, 11) is 0. The predicted octanol–water partition coefficient (Wildman–Crippen LogP) is 3.52. The Balaban J connectivity index is 2.42. The molecule has 0 amide bonds. The van der Waals surface area contributed by atoms with Crippen LogP contribution in [0.5, 0.6) is 0 Å². The van der Waals surface area contributed by atoms with Gasteiger partial charge in [-0.2, -0.15) is 0 Å². The summed E-state index contributed by atoms with van der Waals surface area (Å²) in [6.07, 6.45) is 0. The van der Waals surface area contributed by atoms with Gasteiger partial charge in [0.05, 0.1) is 6.61 Å². The van der Waals surface area contributed by atoms with Crippen LogP contribution in [0.2, 0.25) is 0 Å². The number of aliphatic hydroxyl groups excluding tert-OH is 1. The van der Waals surface area contributed by atoms with Crippen molar-refractivity contribution in [3.8, 4) is 10.4 Å². The van der Waals surface area contributed by atoms with Crippen LogP contribution in [-0.4, -0.2) is 5.11 Å². The Kier molecular flexibility index (Phi) is 2.89. The van der Waals surface area contributed by atoms with Gasteiger partial charge in [0, 0.05) is 4.88 Å². The molecule has 0 saturated carbocycles. The monoisotopic (exact) mass is 218 g/mol. The van der Waals surface area contributed by atoms with E-state index in [1.54, 1.807) is 11.3 Å². The highest BCUT2D eigenvalue weighted by atomic mass is 32.1. The molecule has 1 heterocycles. The largest absolute Gasteiger partial charge is 0.392 e. The van der Waals surface area contributed by atoms with E-state index in [-0.39, 0.29) is 6.61 Å². The Bertz CT molecular complexity index is 471. The van der Waals surface area contributed by atoms with Gasteiger partial charge >= 0.3 is 0 Å². The number of aryl methyl sites for hydroxylation is 2. The molecular weight excluding hydrogens is 204 g/mol. The summed E-state index contributed by atoms with van der Waals surface area (Å²) < 4.78 is 0. The summed E-state index contributed by atoms with van der Waals surface area (Å²) in [6.45, 7) is 4.26. The van der Waals surface area contributed by atoms with Crippen molar-refractivity contribution in [3.63, 3.8) is 0 Å². The van der Waals surface area contributed by atoms with Crippen molar-refractivity contribution in [3.05, 3.63) is 46.3 Å². The number of hydrogen-bond acceptors (Lipinski definition) is 2. The smallest absolute Gasteiger partial charge is 0.0684 e. The van der Waals surface area contributed by atoms with Crippen molar-refractivity contribution in [2.45, 2.75) is 20.5 Å². The topological polar surface area (TPSA) is 20.2 Å². The minimum absolute atomic E-state index is 0.121. The molecule has 0 unspecified atom stereocenters. The molecule has 2 aromatic rings. The molecule has 78 valence electrons. The highest BCUT2D eigenvalue weighted by Crippen LogP contribution is 2.28. The van der Waals surface area contributed by atoms with Crippen LogP contribution >= 0.6 is 11.3 Å². The first kappa shape index (κ1) is 10.4. The molecular formula is C13H14OS. The van der Waals surface area contributed by atoms with Crippen LogP contribution < -0.4 is 0 Å². The second kappa shape index (κ2) is 4.17. The fraction of sp³-hybridized carbons (Fsp3) is 0.231. The molecule has 0 radical (unpaired) electrons. The Labute approximate surface area is 94.0 Å². The van der Waals surface area contributed by atoms with E-state index in [4.69, 9.17) is 5.11 Å². The zero-order valence-corrected chi connectivity index (χ0v) is 9.77. The summed E-state index contributed by atoms with van der Waals surface area (Å²) >= 11 is 1.76. The summed E-state index contributed by atoms with van der Waals surface area (Å²) in [4.78, 5) is 1.29. The first-order chi connectivity index (χ1) is 7.20. The third-order valence-corrected chi connectivity index (χ3v) is 3.63. The zero-order chi connectivity index (χ0) is 10.8. The maximum absolute atomic E-state index is 9.09. The van der Waals surface area contributed by atoms with E-state index in [0.29, 0.717) is 0 Å². The average molecular weight is 218 g/mol. The lowest BCUT2D eigenvalue weighted by atomic mass is 10.0. The SMILES string of the molecule is Cc1csc(-c2ccc(CO)c(C)c2)c1. The molecule has 0 aliphatic carbocycles. The lowest BCUT2D eigenvalue weighted by molar-refractivity contribution is 0.281. The first-order valence-electron chi connectivity index (χ1n) is 4.96. The normalized spacial score (nSPS) is 10.6. The van der Waals surface area contributed by atoms with E-state index in [2.05, 4.69) is 30.5 Å². The van der Waals surface area contributed by atoms with Crippen LogP contribution in [0.4, 0.5) is 0 Å². The van der Waals surface area contributed by atoms with E-state index in [0.717, 1.165) is 11.1 Å². The van der Waals surface area contributed by atoms with Gasteiger partial charge in [0.25, 0.3) is 0 Å². The lowest BCUT2D eigenvalue weighted by Gasteiger charge is -2.04. The summed E-state index contributed by atoms with van der Waals surface area (Å²) in [5, 5.41) is 11.2. The van der Waals surface area contributed by atoms with E-state index < -0.39 is 0 Å². The molecule has 0 spiro atoms. The standard InChI is InChI=1S/C13H14OS/c1-9-5-13(15-8-9)11-3-4-12(7-14)10(2)6-11/h3-6,8,14H,7H2,1-2H3. The fourth-order valence-electron chi connectivity index (χ4n) is 1.61. The minimum Gasteiger partial charge on any atom is -0.392 e. The zero-order valence-electron chi connectivity index (χ0n) is 8.95. The molecule has 0 fully saturated rings. The Morgan fingerprint density at radius 3 is 2.53 bits per heavy atom. The van der Waals surface area contributed by atoms with E-state index in [9.17, 15) is 0 Å². The molecule has 0 aliphatic rings. The highest BCUT2D eigenvalue weighted by molar-refractivity contribution is 7.13. The molecule has 1 N–H and O–H groups in total. The maximum atomic E-state index is 9.09. The van der Waals surface area contributed by atoms with Gasteiger partial charge in [-0.1, -0.05) is 18.2 Å². The van der Waals surface area contributed by atoms with E-state index in [1.165, 1.54) is 16.0 Å². The van der Waals surface area contributed by atoms with Gasteiger partial charge in [0.2, 0.25) is 0 Å². The van der Waals surface area contributed by atoms with Gasteiger partial charge in [-0.15, -0.1) is 11.3 Å². The Morgan fingerprint density at radius 2 is 2.00 bits per heavy atom. The molecule has 1 nitrogen and oxygen atoms in total. The first-order valence-corrected chi connectivity index (χ1v) is 5.84. The number of benzene rings is 1. The lowest BCUT2D eigenvalue weighted by Crippen LogP contribution is -1.88. The van der Waals surface area contributed by atoms with Crippen LogP contribution in [0.3, 0.4) is 0 Å². The van der Waals surface area contributed by atoms with Crippen molar-refractivity contribution < 1.29 is 5.11 Å². The highest BCUT2D eigenvalue weighted by Gasteiger charge is 2.03. The number of rotatable bonds is 2. The van der Waals surface area contributed by atoms with E-state index >= 15 is 0 Å². The maximum Gasteiger partial charge on any atom is 0.0684 e. The molecule has 0 atom stereocenters. The van der Waals surface area contributed by atoms with E-state index in [1.807, 2.05) is 13.0 Å². The molecule has 0 bridgehead atoms. The Morgan fingerprint density at radius 1 is 1.20 bits per heavy atom. The summed E-state index contributed by atoms with van der Waals surface area (Å²) in [5.74, 6) is 0. The number of hydrogen-bond donors (Lipinski definition) is 1. The van der Waals surface area contributed by atoms with Gasteiger partial charge in [-0.05, 0) is 47.5 Å². The average Bonchev–Trinajstić information content (AvgIpc) is 2.65. The van der Waals surface area contributed by atoms with Crippen molar-refractivity contribution >= 4 is 11.3 Å². The van der Waals surface area contributed by atoms with Crippen molar-refractivity contribution in [1.82, 2.24) is 0 Å². The summed E-state index contributed by atoms with van der Waals surface area (Å²) in [5.41, 5.74) is 4.70. The third-order valence-electron chi connectivity index (χ3n) is 2.53. The Hall–Kier alpha value is -1.12. The van der Waals surface area contributed by atoms with Crippen molar-refractivity contribution in [1.29, 1.82) is 0 Å². The molecule has 1 aromatic heterocycles.